The van der Waals surface area contributed by atoms with Crippen LogP contribution in [0.1, 0.15) is 85.8 Å². The Morgan fingerprint density at radius 2 is 1.78 bits per heavy atom. The summed E-state index contributed by atoms with van der Waals surface area (Å²) in [5.41, 5.74) is 9.86. The highest BCUT2D eigenvalue weighted by atomic mass is 16.5. The van der Waals surface area contributed by atoms with Gasteiger partial charge < -0.3 is 30.8 Å². The van der Waals surface area contributed by atoms with E-state index in [1.54, 1.807) is 11.0 Å². The summed E-state index contributed by atoms with van der Waals surface area (Å²) >= 11 is 0. The molecule has 0 saturated heterocycles. The Bertz CT molecular complexity index is 1080. The maximum Gasteiger partial charge on any atom is 0.258 e. The minimum atomic E-state index is -0.251. The van der Waals surface area contributed by atoms with E-state index >= 15 is 0 Å². The third-order valence-corrected chi connectivity index (χ3v) is 7.15. The molecule has 2 aromatic rings. The van der Waals surface area contributed by atoms with E-state index in [9.17, 15) is 9.90 Å². The number of hydrogen-bond acceptors (Lipinski definition) is 6. The number of nitrogen functional groups attached to an aromatic ring is 1. The van der Waals surface area contributed by atoms with Crippen LogP contribution in [0.3, 0.4) is 0 Å². The number of nitrogens with one attached hydrogen (secondary N) is 1. The summed E-state index contributed by atoms with van der Waals surface area (Å²) in [4.78, 5) is 17.2. The molecule has 0 aromatic heterocycles. The van der Waals surface area contributed by atoms with Crippen molar-refractivity contribution in [3.63, 3.8) is 0 Å². The smallest absolute Gasteiger partial charge is 0.258 e. The Morgan fingerprint density at radius 3 is 2.49 bits per heavy atom. The van der Waals surface area contributed by atoms with Crippen LogP contribution in [-0.4, -0.2) is 53.8 Å². The number of anilines is 1. The molecule has 0 spiro atoms. The summed E-state index contributed by atoms with van der Waals surface area (Å²) < 4.78 is 5.89. The first-order valence-corrected chi connectivity index (χ1v) is 13.7. The first-order valence-electron chi connectivity index (χ1n) is 13.7. The number of nitrogens with zero attached hydrogens (tertiary/aromatic N) is 2. The zero-order chi connectivity index (χ0) is 26.9. The molecule has 1 aliphatic carbocycles. The number of ether oxygens (including phenoxy) is 1. The van der Waals surface area contributed by atoms with E-state index in [-0.39, 0.29) is 17.2 Å². The van der Waals surface area contributed by atoms with Gasteiger partial charge >= 0.3 is 0 Å². The number of aromatic hydroxyl groups is 1. The van der Waals surface area contributed by atoms with Gasteiger partial charge in [-0.05, 0) is 62.2 Å². The molecule has 0 radical (unpaired) electrons. The molecule has 2 aromatic carbocycles. The fourth-order valence-electron chi connectivity index (χ4n) is 5.17. The molecule has 0 bridgehead atoms. The van der Waals surface area contributed by atoms with Gasteiger partial charge in [-0.25, -0.2) is 0 Å². The van der Waals surface area contributed by atoms with Gasteiger partial charge in [0.25, 0.3) is 5.91 Å². The van der Waals surface area contributed by atoms with E-state index in [1.807, 2.05) is 46.1 Å². The second kappa shape index (κ2) is 13.5. The molecule has 1 heterocycles. The molecule has 2 aliphatic rings. The summed E-state index contributed by atoms with van der Waals surface area (Å²) in [5, 5.41) is 19.2. The molecule has 0 unspecified atom stereocenters. The van der Waals surface area contributed by atoms with Crippen molar-refractivity contribution >= 4 is 17.3 Å². The molecule has 202 valence electrons. The Morgan fingerprint density at radius 1 is 1.08 bits per heavy atom. The lowest BCUT2D eigenvalue weighted by Gasteiger charge is -2.23. The quantitative estimate of drug-likeness (QED) is 0.225. The lowest BCUT2D eigenvalue weighted by atomic mass is 9.84. The zero-order valence-corrected chi connectivity index (χ0v) is 23.0. The standard InChI is InChI=1S/C28H38N4O3.C2H6/c1-31(2)11-6-12-35-22-10-9-20-17-32(18-21(20)14-22)28(34)24-15-23(26(30)16-27(24)33)25(29)13-19-7-4-3-5-8-19;1-2/h9-10,14-16,19,29,33H,3-8,11-13,17-18,30H2,1-2H3;1-2H3. The Balaban J connectivity index is 0.00000186. The van der Waals surface area contributed by atoms with Crippen molar-refractivity contribution in [3.8, 4) is 11.5 Å². The lowest BCUT2D eigenvalue weighted by Crippen LogP contribution is -2.26. The summed E-state index contributed by atoms with van der Waals surface area (Å²) in [7, 11) is 4.09. The highest BCUT2D eigenvalue weighted by Gasteiger charge is 2.28. The van der Waals surface area contributed by atoms with E-state index in [1.165, 1.54) is 25.3 Å². The van der Waals surface area contributed by atoms with Gasteiger partial charge in [-0.15, -0.1) is 0 Å². The van der Waals surface area contributed by atoms with Crippen LogP contribution in [0, 0.1) is 11.3 Å². The minimum Gasteiger partial charge on any atom is -0.507 e. The summed E-state index contributed by atoms with van der Waals surface area (Å²) in [5.74, 6) is 0.919. The number of carbonyl (C=O) groups excluding carboxylic acids is 1. The maximum atomic E-state index is 13.4. The predicted molar refractivity (Wildman–Crippen MR) is 151 cm³/mol. The average molecular weight is 509 g/mol. The fraction of sp³-hybridized carbons (Fsp3) is 0.533. The van der Waals surface area contributed by atoms with Crippen molar-refractivity contribution in [1.29, 1.82) is 5.41 Å². The SMILES string of the molecule is CC.CN(C)CCCOc1ccc2c(c1)CN(C(=O)c1cc(C(=N)CC3CCCCC3)c(N)cc1O)C2. The highest BCUT2D eigenvalue weighted by Crippen LogP contribution is 2.33. The second-order valence-corrected chi connectivity index (χ2v) is 10.2. The molecular formula is C30H44N4O3. The van der Waals surface area contributed by atoms with Crippen molar-refractivity contribution in [2.24, 2.45) is 5.92 Å². The van der Waals surface area contributed by atoms with Crippen molar-refractivity contribution in [2.45, 2.75) is 71.9 Å². The van der Waals surface area contributed by atoms with Crippen molar-refractivity contribution < 1.29 is 14.6 Å². The van der Waals surface area contributed by atoms with Gasteiger partial charge in [0.05, 0.1) is 12.2 Å². The number of rotatable bonds is 9. The van der Waals surface area contributed by atoms with E-state index < -0.39 is 0 Å². The van der Waals surface area contributed by atoms with Gasteiger partial charge in [-0.1, -0.05) is 52.0 Å². The van der Waals surface area contributed by atoms with Crippen molar-refractivity contribution in [2.75, 3.05) is 33.0 Å². The number of fused-ring (bicyclic) bond motifs is 1. The molecule has 1 saturated carbocycles. The van der Waals surface area contributed by atoms with Crippen LogP contribution in [0.15, 0.2) is 30.3 Å². The number of phenolic OH excluding ortho intramolecular Hbond substituents is 1. The second-order valence-electron chi connectivity index (χ2n) is 10.2. The Labute approximate surface area is 222 Å². The van der Waals surface area contributed by atoms with E-state index in [0.29, 0.717) is 49.0 Å². The third kappa shape index (κ3) is 7.48. The molecule has 1 amide bonds. The van der Waals surface area contributed by atoms with Gasteiger partial charge in [0.2, 0.25) is 0 Å². The molecule has 7 heteroatoms. The van der Waals surface area contributed by atoms with E-state index in [4.69, 9.17) is 15.9 Å². The average Bonchev–Trinajstić information content (AvgIpc) is 3.31. The molecular weight excluding hydrogens is 464 g/mol. The topological polar surface area (TPSA) is 103 Å². The maximum absolute atomic E-state index is 13.4. The molecule has 7 nitrogen and oxygen atoms in total. The van der Waals surface area contributed by atoms with E-state index in [2.05, 4.69) is 4.90 Å². The van der Waals surface area contributed by atoms with Crippen LogP contribution < -0.4 is 10.5 Å². The fourth-order valence-corrected chi connectivity index (χ4v) is 5.17. The number of hydrogen-bond donors (Lipinski definition) is 3. The van der Waals surface area contributed by atoms with Crippen LogP contribution in [-0.2, 0) is 13.1 Å². The number of nitrogens with two attached hydrogens (primary N) is 1. The molecule has 1 aliphatic heterocycles. The largest absolute Gasteiger partial charge is 0.507 e. The molecule has 4 rings (SSSR count). The summed E-state index contributed by atoms with van der Waals surface area (Å²) in [6.45, 7) is 6.56. The first kappa shape index (κ1) is 28.5. The highest BCUT2D eigenvalue weighted by molar-refractivity contribution is 6.06. The van der Waals surface area contributed by atoms with Gasteiger partial charge in [0.15, 0.2) is 0 Å². The summed E-state index contributed by atoms with van der Waals surface area (Å²) in [6, 6.07) is 9.00. The van der Waals surface area contributed by atoms with Crippen molar-refractivity contribution in [1.82, 2.24) is 9.80 Å². The van der Waals surface area contributed by atoms with Gasteiger partial charge in [0.1, 0.15) is 11.5 Å². The van der Waals surface area contributed by atoms with Crippen LogP contribution in [0.4, 0.5) is 5.69 Å². The predicted octanol–water partition coefficient (Wildman–Crippen LogP) is 5.83. The number of benzene rings is 2. The van der Waals surface area contributed by atoms with Gasteiger partial charge in [0, 0.05) is 42.7 Å². The Hall–Kier alpha value is -3.06. The zero-order valence-electron chi connectivity index (χ0n) is 23.0. The normalized spacial score (nSPS) is 15.2. The minimum absolute atomic E-state index is 0.136. The number of amides is 1. The monoisotopic (exact) mass is 508 g/mol. The van der Waals surface area contributed by atoms with Crippen LogP contribution in [0.2, 0.25) is 0 Å². The van der Waals surface area contributed by atoms with Crippen molar-refractivity contribution in [3.05, 3.63) is 52.6 Å². The molecule has 4 N–H and O–H groups in total. The van der Waals surface area contributed by atoms with Crippen LogP contribution >= 0.6 is 0 Å². The summed E-state index contributed by atoms with van der Waals surface area (Å²) in [6.07, 6.45) is 7.58. The number of carbonyl (C=O) groups is 1. The first-order chi connectivity index (χ1) is 17.8. The Kier molecular flexibility index (Phi) is 10.4. The molecule has 0 atom stereocenters. The van der Waals surface area contributed by atoms with Gasteiger partial charge in [-0.3, -0.25) is 4.79 Å². The lowest BCUT2D eigenvalue weighted by molar-refractivity contribution is 0.0748. The molecule has 1 fully saturated rings. The van der Waals surface area contributed by atoms with E-state index in [0.717, 1.165) is 42.7 Å². The third-order valence-electron chi connectivity index (χ3n) is 7.15. The van der Waals surface area contributed by atoms with Gasteiger partial charge in [-0.2, -0.15) is 0 Å². The molecule has 37 heavy (non-hydrogen) atoms. The van der Waals surface area contributed by atoms with Crippen LogP contribution in [0.25, 0.3) is 0 Å². The van der Waals surface area contributed by atoms with Crippen LogP contribution in [0.5, 0.6) is 11.5 Å². The number of phenols is 1.